The third kappa shape index (κ3) is 2.58. The topological polar surface area (TPSA) is 48.7 Å². The van der Waals surface area contributed by atoms with Gasteiger partial charge in [-0.1, -0.05) is 24.3 Å². The fraction of sp³-hybridized carbons (Fsp3) is 0.250. The minimum absolute atomic E-state index is 0.449. The normalized spacial score (nSPS) is 17.3. The highest BCUT2D eigenvalue weighted by Crippen LogP contribution is 2.23. The van der Waals surface area contributed by atoms with Gasteiger partial charge in [0.15, 0.2) is 0 Å². The first-order valence-electron chi connectivity index (χ1n) is 6.54. The zero-order valence-electron chi connectivity index (χ0n) is 10.6. The van der Waals surface area contributed by atoms with E-state index >= 15 is 0 Å². The number of pyridine rings is 1. The number of hydrogen-bond acceptors (Lipinski definition) is 3. The molecule has 0 aliphatic heterocycles. The number of anilines is 1. The van der Waals surface area contributed by atoms with E-state index in [0.717, 1.165) is 24.9 Å². The lowest BCUT2D eigenvalue weighted by atomic mass is 9.88. The Morgan fingerprint density at radius 1 is 1.16 bits per heavy atom. The monoisotopic (exact) mass is 249 g/mol. The highest BCUT2D eigenvalue weighted by molar-refractivity contribution is 5.45. The van der Waals surface area contributed by atoms with Gasteiger partial charge in [0.2, 0.25) is 0 Å². The maximum absolute atomic E-state index is 8.73. The molecule has 0 radical (unpaired) electrons. The molecule has 94 valence electrons. The van der Waals surface area contributed by atoms with Crippen LogP contribution in [0.5, 0.6) is 0 Å². The third-order valence-corrected chi connectivity index (χ3v) is 3.60. The maximum atomic E-state index is 8.73. The number of rotatable bonds is 2. The van der Waals surface area contributed by atoms with Crippen molar-refractivity contribution in [2.24, 2.45) is 0 Å². The number of nitrogens with zero attached hydrogens (tertiary/aromatic N) is 2. The molecule has 1 aromatic carbocycles. The summed E-state index contributed by atoms with van der Waals surface area (Å²) in [5.74, 6) is 0. The first kappa shape index (κ1) is 11.7. The van der Waals surface area contributed by atoms with Crippen LogP contribution in [0.15, 0.2) is 42.6 Å². The van der Waals surface area contributed by atoms with E-state index in [1.807, 2.05) is 12.1 Å². The molecule has 1 heterocycles. The van der Waals surface area contributed by atoms with E-state index < -0.39 is 0 Å². The summed E-state index contributed by atoms with van der Waals surface area (Å²) in [5.41, 5.74) is 4.36. The Hall–Kier alpha value is -2.34. The molecule has 0 amide bonds. The standard InChI is InChI=1S/C16H15N3/c17-10-15-7-8-16(11-18-15)19-14-6-5-12-3-1-2-4-13(12)9-14/h1-4,7-8,11,14,19H,5-6,9H2. The van der Waals surface area contributed by atoms with Gasteiger partial charge < -0.3 is 5.32 Å². The van der Waals surface area contributed by atoms with Crippen LogP contribution in [-0.4, -0.2) is 11.0 Å². The van der Waals surface area contributed by atoms with E-state index in [0.29, 0.717) is 11.7 Å². The second kappa shape index (κ2) is 5.11. The lowest BCUT2D eigenvalue weighted by Crippen LogP contribution is -2.27. The van der Waals surface area contributed by atoms with Crippen molar-refractivity contribution in [3.63, 3.8) is 0 Å². The largest absolute Gasteiger partial charge is 0.381 e. The lowest BCUT2D eigenvalue weighted by Gasteiger charge is -2.26. The predicted molar refractivity (Wildman–Crippen MR) is 74.8 cm³/mol. The minimum atomic E-state index is 0.449. The molecule has 0 spiro atoms. The van der Waals surface area contributed by atoms with Crippen molar-refractivity contribution >= 4 is 5.69 Å². The molecule has 2 aromatic rings. The summed E-state index contributed by atoms with van der Waals surface area (Å²) < 4.78 is 0. The van der Waals surface area contributed by atoms with Crippen LogP contribution in [0, 0.1) is 11.3 Å². The fourth-order valence-electron chi connectivity index (χ4n) is 2.60. The summed E-state index contributed by atoms with van der Waals surface area (Å²) in [5, 5.41) is 12.2. The number of hydrogen-bond donors (Lipinski definition) is 1. The smallest absolute Gasteiger partial charge is 0.140 e. The van der Waals surface area contributed by atoms with Gasteiger partial charge >= 0.3 is 0 Å². The first-order chi connectivity index (χ1) is 9.35. The van der Waals surface area contributed by atoms with Crippen LogP contribution in [-0.2, 0) is 12.8 Å². The molecule has 0 saturated carbocycles. The zero-order chi connectivity index (χ0) is 13.1. The van der Waals surface area contributed by atoms with Crippen LogP contribution in [0.3, 0.4) is 0 Å². The molecule has 1 N–H and O–H groups in total. The minimum Gasteiger partial charge on any atom is -0.381 e. The van der Waals surface area contributed by atoms with Gasteiger partial charge in [-0.2, -0.15) is 5.26 Å². The molecular formula is C16H15N3. The van der Waals surface area contributed by atoms with Crippen LogP contribution < -0.4 is 5.32 Å². The molecule has 0 fully saturated rings. The Morgan fingerprint density at radius 3 is 2.74 bits per heavy atom. The van der Waals surface area contributed by atoms with E-state index in [1.54, 1.807) is 12.3 Å². The van der Waals surface area contributed by atoms with Gasteiger partial charge in [0.05, 0.1) is 11.9 Å². The van der Waals surface area contributed by atoms with E-state index in [1.165, 1.54) is 11.1 Å². The van der Waals surface area contributed by atoms with E-state index in [4.69, 9.17) is 5.26 Å². The molecular weight excluding hydrogens is 234 g/mol. The molecule has 1 aromatic heterocycles. The van der Waals surface area contributed by atoms with Gasteiger partial charge in [0.1, 0.15) is 11.8 Å². The van der Waals surface area contributed by atoms with Gasteiger partial charge in [-0.3, -0.25) is 0 Å². The Kier molecular flexibility index (Phi) is 3.16. The number of aromatic nitrogens is 1. The molecule has 19 heavy (non-hydrogen) atoms. The van der Waals surface area contributed by atoms with Crippen molar-refractivity contribution in [1.82, 2.24) is 4.98 Å². The number of benzene rings is 1. The lowest BCUT2D eigenvalue weighted by molar-refractivity contribution is 0.610. The van der Waals surface area contributed by atoms with Crippen molar-refractivity contribution < 1.29 is 0 Å². The average Bonchev–Trinajstić information content (AvgIpc) is 2.48. The van der Waals surface area contributed by atoms with E-state index in [9.17, 15) is 0 Å². The van der Waals surface area contributed by atoms with Crippen LogP contribution in [0.4, 0.5) is 5.69 Å². The van der Waals surface area contributed by atoms with Gasteiger partial charge in [-0.15, -0.1) is 0 Å². The molecule has 1 aliphatic carbocycles. The summed E-state index contributed by atoms with van der Waals surface area (Å²) in [6.45, 7) is 0. The Morgan fingerprint density at radius 2 is 2.00 bits per heavy atom. The van der Waals surface area contributed by atoms with Gasteiger partial charge in [-0.25, -0.2) is 4.98 Å². The SMILES string of the molecule is N#Cc1ccc(NC2CCc3ccccc3C2)cn1. The molecule has 3 heteroatoms. The van der Waals surface area contributed by atoms with Crippen molar-refractivity contribution in [3.8, 4) is 6.07 Å². The number of nitriles is 1. The molecule has 1 unspecified atom stereocenters. The quantitative estimate of drug-likeness (QED) is 0.890. The van der Waals surface area contributed by atoms with Crippen LogP contribution in [0.1, 0.15) is 23.2 Å². The van der Waals surface area contributed by atoms with Crippen molar-refractivity contribution in [3.05, 3.63) is 59.4 Å². The van der Waals surface area contributed by atoms with Crippen molar-refractivity contribution in [2.45, 2.75) is 25.3 Å². The van der Waals surface area contributed by atoms with E-state index in [-0.39, 0.29) is 0 Å². The summed E-state index contributed by atoms with van der Waals surface area (Å²) in [7, 11) is 0. The Balaban J connectivity index is 1.70. The van der Waals surface area contributed by atoms with Crippen LogP contribution in [0.2, 0.25) is 0 Å². The van der Waals surface area contributed by atoms with Crippen LogP contribution in [0.25, 0.3) is 0 Å². The summed E-state index contributed by atoms with van der Waals surface area (Å²) in [6.07, 6.45) is 5.05. The molecule has 3 nitrogen and oxygen atoms in total. The molecule has 0 bridgehead atoms. The van der Waals surface area contributed by atoms with Gasteiger partial charge in [-0.05, 0) is 42.5 Å². The number of fused-ring (bicyclic) bond motifs is 1. The Labute approximate surface area is 112 Å². The number of nitrogens with one attached hydrogen (secondary N) is 1. The molecule has 3 rings (SSSR count). The first-order valence-corrected chi connectivity index (χ1v) is 6.54. The highest BCUT2D eigenvalue weighted by Gasteiger charge is 2.17. The molecule has 1 aliphatic rings. The summed E-state index contributed by atoms with van der Waals surface area (Å²) in [4.78, 5) is 4.08. The maximum Gasteiger partial charge on any atom is 0.140 e. The fourth-order valence-corrected chi connectivity index (χ4v) is 2.60. The predicted octanol–water partition coefficient (Wildman–Crippen LogP) is 2.92. The van der Waals surface area contributed by atoms with Gasteiger partial charge in [0.25, 0.3) is 0 Å². The average molecular weight is 249 g/mol. The van der Waals surface area contributed by atoms with E-state index in [2.05, 4.69) is 34.6 Å². The Bertz CT molecular complexity index is 611. The van der Waals surface area contributed by atoms with Crippen LogP contribution >= 0.6 is 0 Å². The number of aryl methyl sites for hydroxylation is 1. The zero-order valence-corrected chi connectivity index (χ0v) is 10.6. The van der Waals surface area contributed by atoms with Gasteiger partial charge in [0, 0.05) is 6.04 Å². The second-order valence-corrected chi connectivity index (χ2v) is 4.90. The summed E-state index contributed by atoms with van der Waals surface area (Å²) in [6, 6.07) is 14.8. The highest BCUT2D eigenvalue weighted by atomic mass is 14.9. The molecule has 0 saturated heterocycles. The third-order valence-electron chi connectivity index (χ3n) is 3.60. The second-order valence-electron chi connectivity index (χ2n) is 4.90. The molecule has 1 atom stereocenters. The van der Waals surface area contributed by atoms with Crippen molar-refractivity contribution in [1.29, 1.82) is 5.26 Å². The summed E-state index contributed by atoms with van der Waals surface area (Å²) >= 11 is 0. The van der Waals surface area contributed by atoms with Crippen molar-refractivity contribution in [2.75, 3.05) is 5.32 Å².